The van der Waals surface area contributed by atoms with Crippen LogP contribution in [0.25, 0.3) is 0 Å². The number of carbonyl (C=O) groups is 3. The van der Waals surface area contributed by atoms with Gasteiger partial charge < -0.3 is 0 Å². The van der Waals surface area contributed by atoms with Gasteiger partial charge in [0.2, 0.25) is 11.8 Å². The Kier molecular flexibility index (Phi) is 3.33. The van der Waals surface area contributed by atoms with E-state index in [2.05, 4.69) is 10.3 Å². The lowest BCUT2D eigenvalue weighted by Gasteiger charge is -2.34. The number of rotatable bonds is 3. The summed E-state index contributed by atoms with van der Waals surface area (Å²) < 4.78 is 0. The van der Waals surface area contributed by atoms with Crippen molar-refractivity contribution in [1.82, 2.24) is 15.2 Å². The lowest BCUT2D eigenvalue weighted by molar-refractivity contribution is -0.148. The second kappa shape index (κ2) is 4.79. The van der Waals surface area contributed by atoms with Gasteiger partial charge in [-0.2, -0.15) is 0 Å². The van der Waals surface area contributed by atoms with Gasteiger partial charge in [-0.3, -0.25) is 24.8 Å². The van der Waals surface area contributed by atoms with Gasteiger partial charge in [-0.25, -0.2) is 4.79 Å². The number of hydrogen-bond acceptors (Lipinski definition) is 4. The number of aromatic nitrogens is 1. The molecule has 0 unspecified atom stereocenters. The van der Waals surface area contributed by atoms with Crippen LogP contribution >= 0.6 is 0 Å². The molecule has 0 radical (unpaired) electrons. The molecule has 2 heterocycles. The summed E-state index contributed by atoms with van der Waals surface area (Å²) in [5.41, 5.74) is -0.277. The van der Waals surface area contributed by atoms with E-state index in [1.54, 1.807) is 18.5 Å². The Hall–Kier alpha value is -2.24. The van der Waals surface area contributed by atoms with Crippen LogP contribution in [0.3, 0.4) is 0 Å². The number of nitrogens with one attached hydrogen (secondary N) is 1. The zero-order valence-corrected chi connectivity index (χ0v) is 10.8. The Morgan fingerprint density at radius 2 is 2.05 bits per heavy atom. The molecule has 100 valence electrons. The summed E-state index contributed by atoms with van der Waals surface area (Å²) in [6, 6.07) is 3.01. The SMILES string of the molecule is CC1(C)C(=O)NC(=O)N(CCc2cccnc2)C1=O. The predicted molar refractivity (Wildman–Crippen MR) is 67.0 cm³/mol. The molecule has 1 aromatic heterocycles. The molecule has 1 saturated heterocycles. The molecule has 0 spiro atoms. The normalized spacial score (nSPS) is 18.4. The third kappa shape index (κ3) is 2.47. The van der Waals surface area contributed by atoms with Crippen LogP contribution in [-0.2, 0) is 16.0 Å². The third-order valence-corrected chi connectivity index (χ3v) is 3.16. The number of pyridine rings is 1. The van der Waals surface area contributed by atoms with E-state index >= 15 is 0 Å². The van der Waals surface area contributed by atoms with Gasteiger partial charge in [-0.05, 0) is 31.9 Å². The van der Waals surface area contributed by atoms with Gasteiger partial charge in [0.05, 0.1) is 0 Å². The molecule has 6 nitrogen and oxygen atoms in total. The van der Waals surface area contributed by atoms with Crippen LogP contribution < -0.4 is 5.32 Å². The topological polar surface area (TPSA) is 79.4 Å². The average Bonchev–Trinajstić information content (AvgIpc) is 2.38. The predicted octanol–water partition coefficient (Wildman–Crippen LogP) is 0.729. The second-order valence-electron chi connectivity index (χ2n) is 4.95. The fraction of sp³-hybridized carbons (Fsp3) is 0.385. The van der Waals surface area contributed by atoms with E-state index in [0.717, 1.165) is 10.5 Å². The van der Waals surface area contributed by atoms with Gasteiger partial charge in [0, 0.05) is 18.9 Å². The van der Waals surface area contributed by atoms with Crippen LogP contribution in [0, 0.1) is 5.41 Å². The quantitative estimate of drug-likeness (QED) is 0.813. The van der Waals surface area contributed by atoms with Crippen molar-refractivity contribution in [2.45, 2.75) is 20.3 Å². The molecule has 1 N–H and O–H groups in total. The summed E-state index contributed by atoms with van der Waals surface area (Å²) in [7, 11) is 0. The Balaban J connectivity index is 2.09. The number of urea groups is 1. The minimum absolute atomic E-state index is 0.229. The summed E-state index contributed by atoms with van der Waals surface area (Å²) in [4.78, 5) is 40.4. The maximum Gasteiger partial charge on any atom is 0.330 e. The molecular weight excluding hydrogens is 246 g/mol. The molecule has 0 aromatic carbocycles. The Morgan fingerprint density at radius 1 is 1.32 bits per heavy atom. The first kappa shape index (κ1) is 13.2. The van der Waals surface area contributed by atoms with Crippen LogP contribution in [0.5, 0.6) is 0 Å². The Bertz CT molecular complexity index is 525. The summed E-state index contributed by atoms with van der Waals surface area (Å²) in [5.74, 6) is -1.02. The van der Waals surface area contributed by atoms with Crippen molar-refractivity contribution in [2.75, 3.05) is 6.54 Å². The highest BCUT2D eigenvalue weighted by molar-refractivity contribution is 6.18. The van der Waals surface area contributed by atoms with Crippen LogP contribution in [0.1, 0.15) is 19.4 Å². The van der Waals surface area contributed by atoms with E-state index in [-0.39, 0.29) is 6.54 Å². The largest absolute Gasteiger partial charge is 0.330 e. The Labute approximate surface area is 110 Å². The van der Waals surface area contributed by atoms with Crippen molar-refractivity contribution in [3.63, 3.8) is 0 Å². The van der Waals surface area contributed by atoms with Crippen LogP contribution in [0.2, 0.25) is 0 Å². The average molecular weight is 261 g/mol. The second-order valence-corrected chi connectivity index (χ2v) is 4.95. The number of carbonyl (C=O) groups excluding carboxylic acids is 3. The minimum Gasteiger partial charge on any atom is -0.277 e. The lowest BCUT2D eigenvalue weighted by atomic mass is 9.88. The molecular formula is C13H15N3O3. The van der Waals surface area contributed by atoms with Gasteiger partial charge in [0.1, 0.15) is 5.41 Å². The first-order valence-corrected chi connectivity index (χ1v) is 5.99. The number of amides is 4. The van der Waals surface area contributed by atoms with Gasteiger partial charge in [-0.1, -0.05) is 6.07 Å². The maximum atomic E-state index is 12.1. The molecule has 2 rings (SSSR count). The van der Waals surface area contributed by atoms with Gasteiger partial charge >= 0.3 is 6.03 Å². The van der Waals surface area contributed by atoms with Crippen LogP contribution in [-0.4, -0.2) is 34.3 Å². The molecule has 1 fully saturated rings. The smallest absolute Gasteiger partial charge is 0.277 e. The van der Waals surface area contributed by atoms with E-state index in [1.165, 1.54) is 13.8 Å². The summed E-state index contributed by atoms with van der Waals surface area (Å²) in [6.45, 7) is 3.25. The molecule has 0 aliphatic carbocycles. The van der Waals surface area contributed by atoms with Gasteiger partial charge in [-0.15, -0.1) is 0 Å². The summed E-state index contributed by atoms with van der Waals surface area (Å²) in [5, 5.41) is 2.20. The van der Waals surface area contributed by atoms with Crippen molar-refractivity contribution in [3.8, 4) is 0 Å². The molecule has 0 bridgehead atoms. The monoisotopic (exact) mass is 261 g/mol. The summed E-state index contributed by atoms with van der Waals surface area (Å²) in [6.07, 6.45) is 3.85. The maximum absolute atomic E-state index is 12.1. The zero-order chi connectivity index (χ0) is 14.0. The highest BCUT2D eigenvalue weighted by atomic mass is 16.2. The van der Waals surface area contributed by atoms with Crippen molar-refractivity contribution in [3.05, 3.63) is 30.1 Å². The highest BCUT2D eigenvalue weighted by Gasteiger charge is 2.46. The molecule has 1 aromatic rings. The third-order valence-electron chi connectivity index (χ3n) is 3.16. The van der Waals surface area contributed by atoms with Crippen LogP contribution in [0.15, 0.2) is 24.5 Å². The number of imide groups is 2. The molecule has 4 amide bonds. The zero-order valence-electron chi connectivity index (χ0n) is 10.8. The minimum atomic E-state index is -1.21. The number of hydrogen-bond donors (Lipinski definition) is 1. The van der Waals surface area contributed by atoms with Crippen molar-refractivity contribution >= 4 is 17.8 Å². The molecule has 19 heavy (non-hydrogen) atoms. The van der Waals surface area contributed by atoms with Crippen LogP contribution in [0.4, 0.5) is 4.79 Å². The molecule has 0 atom stereocenters. The lowest BCUT2D eigenvalue weighted by Crippen LogP contribution is -2.62. The Morgan fingerprint density at radius 3 is 2.68 bits per heavy atom. The molecule has 1 aliphatic rings. The van der Waals surface area contributed by atoms with Crippen molar-refractivity contribution in [2.24, 2.45) is 5.41 Å². The van der Waals surface area contributed by atoms with Crippen molar-refractivity contribution in [1.29, 1.82) is 0 Å². The van der Waals surface area contributed by atoms with E-state index in [1.807, 2.05) is 6.07 Å². The fourth-order valence-electron chi connectivity index (χ4n) is 1.84. The molecule has 1 aliphatic heterocycles. The molecule has 6 heteroatoms. The van der Waals surface area contributed by atoms with E-state index < -0.39 is 23.3 Å². The van der Waals surface area contributed by atoms with Gasteiger partial charge in [0.25, 0.3) is 0 Å². The first-order valence-electron chi connectivity index (χ1n) is 5.99. The number of nitrogens with zero attached hydrogens (tertiary/aromatic N) is 2. The van der Waals surface area contributed by atoms with Crippen molar-refractivity contribution < 1.29 is 14.4 Å². The van der Waals surface area contributed by atoms with E-state index in [0.29, 0.717) is 6.42 Å². The summed E-state index contributed by atoms with van der Waals surface area (Å²) >= 11 is 0. The standard InChI is InChI=1S/C13H15N3O3/c1-13(2)10(17)15-12(19)16(11(13)18)7-5-9-4-3-6-14-8-9/h3-4,6,8H,5,7H2,1-2H3,(H,15,17,19). The van der Waals surface area contributed by atoms with E-state index in [9.17, 15) is 14.4 Å². The first-order chi connectivity index (χ1) is 8.93. The van der Waals surface area contributed by atoms with Gasteiger partial charge in [0.15, 0.2) is 0 Å². The van der Waals surface area contributed by atoms with E-state index in [4.69, 9.17) is 0 Å². The fourth-order valence-corrected chi connectivity index (χ4v) is 1.84. The number of barbiturate groups is 1. The highest BCUT2D eigenvalue weighted by Crippen LogP contribution is 2.23. The molecule has 0 saturated carbocycles.